The molecule has 1 aromatic carbocycles. The van der Waals surface area contributed by atoms with Crippen molar-refractivity contribution >= 4 is 11.5 Å². The lowest BCUT2D eigenvalue weighted by atomic mass is 10.1. The summed E-state index contributed by atoms with van der Waals surface area (Å²) in [6.07, 6.45) is 7.65. The fourth-order valence-corrected chi connectivity index (χ4v) is 3.19. The Kier molecular flexibility index (Phi) is 5.47. The number of aryl methyl sites for hydroxylation is 1. The first kappa shape index (κ1) is 19.6. The maximum atomic E-state index is 6.04. The van der Waals surface area contributed by atoms with E-state index in [1.54, 1.807) is 25.1 Å². The summed E-state index contributed by atoms with van der Waals surface area (Å²) in [5.74, 6) is 2.73. The molecule has 0 amide bonds. The van der Waals surface area contributed by atoms with E-state index < -0.39 is 0 Å². The highest BCUT2D eigenvalue weighted by Crippen LogP contribution is 2.37. The first-order chi connectivity index (χ1) is 14.6. The van der Waals surface area contributed by atoms with E-state index in [-0.39, 0.29) is 0 Å². The third-order valence-corrected chi connectivity index (χ3v) is 4.80. The molecule has 0 unspecified atom stereocenters. The minimum atomic E-state index is 0.360. The maximum absolute atomic E-state index is 6.04. The van der Waals surface area contributed by atoms with Gasteiger partial charge in [-0.15, -0.1) is 0 Å². The molecule has 0 spiro atoms. The van der Waals surface area contributed by atoms with Crippen molar-refractivity contribution in [3.63, 3.8) is 0 Å². The van der Waals surface area contributed by atoms with Crippen molar-refractivity contribution in [2.75, 3.05) is 30.7 Å². The normalized spacial score (nSPS) is 13.1. The lowest BCUT2D eigenvalue weighted by Gasteiger charge is -2.23. The first-order valence-corrected chi connectivity index (χ1v) is 9.44. The number of hydrogen-bond donors (Lipinski definition) is 0. The molecule has 2 aromatic heterocycles. The molecule has 1 aliphatic rings. The van der Waals surface area contributed by atoms with Gasteiger partial charge in [0.25, 0.3) is 0 Å². The molecule has 0 aliphatic carbocycles. The molecular weight excluding hydrogens is 382 g/mol. The SMILES string of the molecule is [CH2]c1cc(OC)c(OCc2ccc(OC)nc2)cc1N1C=CN(c2ccn(C)n2)C1. The van der Waals surface area contributed by atoms with Gasteiger partial charge in [0.2, 0.25) is 5.88 Å². The molecule has 0 N–H and O–H groups in total. The summed E-state index contributed by atoms with van der Waals surface area (Å²) in [6, 6.07) is 9.54. The van der Waals surface area contributed by atoms with E-state index in [9.17, 15) is 0 Å². The van der Waals surface area contributed by atoms with Crippen LogP contribution in [0.4, 0.5) is 11.5 Å². The molecule has 8 nitrogen and oxygen atoms in total. The van der Waals surface area contributed by atoms with Crippen LogP contribution in [0.2, 0.25) is 0 Å². The molecular formula is C22H24N5O3. The summed E-state index contributed by atoms with van der Waals surface area (Å²) in [5.41, 5.74) is 2.71. The number of aromatic nitrogens is 3. The van der Waals surface area contributed by atoms with Crippen LogP contribution < -0.4 is 24.0 Å². The van der Waals surface area contributed by atoms with Crippen molar-refractivity contribution < 1.29 is 14.2 Å². The average Bonchev–Trinajstić information content (AvgIpc) is 3.42. The van der Waals surface area contributed by atoms with E-state index in [0.717, 1.165) is 22.6 Å². The summed E-state index contributed by atoms with van der Waals surface area (Å²) in [7, 11) is 5.11. The molecule has 0 fully saturated rings. The van der Waals surface area contributed by atoms with Crippen molar-refractivity contribution in [2.24, 2.45) is 7.05 Å². The van der Waals surface area contributed by atoms with Crippen molar-refractivity contribution in [3.8, 4) is 17.4 Å². The number of anilines is 2. The van der Waals surface area contributed by atoms with E-state index in [1.165, 1.54) is 0 Å². The quantitative estimate of drug-likeness (QED) is 0.596. The lowest BCUT2D eigenvalue weighted by Crippen LogP contribution is -2.25. The Morgan fingerprint density at radius 3 is 2.53 bits per heavy atom. The highest BCUT2D eigenvalue weighted by atomic mass is 16.5. The third kappa shape index (κ3) is 4.03. The number of rotatable bonds is 7. The summed E-state index contributed by atoms with van der Waals surface area (Å²) in [4.78, 5) is 8.37. The smallest absolute Gasteiger partial charge is 0.212 e. The zero-order valence-corrected chi connectivity index (χ0v) is 17.3. The topological polar surface area (TPSA) is 64.9 Å². The largest absolute Gasteiger partial charge is 0.493 e. The third-order valence-electron chi connectivity index (χ3n) is 4.80. The van der Waals surface area contributed by atoms with Gasteiger partial charge in [-0.1, -0.05) is 0 Å². The van der Waals surface area contributed by atoms with Crippen LogP contribution in [-0.4, -0.2) is 35.7 Å². The second-order valence-corrected chi connectivity index (χ2v) is 6.86. The molecule has 0 atom stereocenters. The lowest BCUT2D eigenvalue weighted by molar-refractivity contribution is 0.284. The van der Waals surface area contributed by atoms with Crippen LogP contribution in [0.5, 0.6) is 17.4 Å². The van der Waals surface area contributed by atoms with Crippen LogP contribution in [0.3, 0.4) is 0 Å². The van der Waals surface area contributed by atoms with E-state index in [1.807, 2.05) is 56.0 Å². The van der Waals surface area contributed by atoms with Gasteiger partial charge in [-0.25, -0.2) is 4.98 Å². The fraction of sp³-hybridized carbons (Fsp3) is 0.227. The van der Waals surface area contributed by atoms with Gasteiger partial charge in [0.15, 0.2) is 17.3 Å². The molecule has 3 aromatic rings. The van der Waals surface area contributed by atoms with E-state index in [4.69, 9.17) is 14.2 Å². The van der Waals surface area contributed by atoms with Crippen LogP contribution in [0, 0.1) is 6.92 Å². The summed E-state index contributed by atoms with van der Waals surface area (Å²) < 4.78 is 18.4. The average molecular weight is 406 g/mol. The predicted octanol–water partition coefficient (Wildman–Crippen LogP) is 3.35. The maximum Gasteiger partial charge on any atom is 0.212 e. The van der Waals surface area contributed by atoms with Gasteiger partial charge in [-0.3, -0.25) is 4.68 Å². The van der Waals surface area contributed by atoms with Crippen LogP contribution in [-0.2, 0) is 13.7 Å². The zero-order valence-electron chi connectivity index (χ0n) is 17.3. The highest BCUT2D eigenvalue weighted by molar-refractivity contribution is 5.66. The Balaban J connectivity index is 1.52. The first-order valence-electron chi connectivity index (χ1n) is 9.44. The van der Waals surface area contributed by atoms with Crippen molar-refractivity contribution in [3.05, 3.63) is 73.2 Å². The molecule has 0 saturated carbocycles. The molecule has 1 aliphatic heterocycles. The molecule has 4 rings (SSSR count). The molecule has 30 heavy (non-hydrogen) atoms. The van der Waals surface area contributed by atoms with E-state index >= 15 is 0 Å². The minimum absolute atomic E-state index is 0.360. The Labute approximate surface area is 175 Å². The van der Waals surface area contributed by atoms with Gasteiger partial charge in [0, 0.05) is 61.3 Å². The Bertz CT molecular complexity index is 1050. The van der Waals surface area contributed by atoms with Gasteiger partial charge >= 0.3 is 0 Å². The number of pyridine rings is 1. The van der Waals surface area contributed by atoms with Crippen molar-refractivity contribution in [1.82, 2.24) is 14.8 Å². The summed E-state index contributed by atoms with van der Waals surface area (Å²) in [6.45, 7) is 5.17. The predicted molar refractivity (Wildman–Crippen MR) is 115 cm³/mol. The fourth-order valence-electron chi connectivity index (χ4n) is 3.19. The van der Waals surface area contributed by atoms with Gasteiger partial charge < -0.3 is 24.0 Å². The van der Waals surface area contributed by atoms with Crippen LogP contribution >= 0.6 is 0 Å². The van der Waals surface area contributed by atoms with Gasteiger partial charge in [0.05, 0.1) is 14.2 Å². The summed E-state index contributed by atoms with van der Waals surface area (Å²) >= 11 is 0. The van der Waals surface area contributed by atoms with Gasteiger partial charge in [-0.05, 0) is 24.6 Å². The second-order valence-electron chi connectivity index (χ2n) is 6.86. The monoisotopic (exact) mass is 406 g/mol. The van der Waals surface area contributed by atoms with Crippen LogP contribution in [0.25, 0.3) is 0 Å². The Hall–Kier alpha value is -3.68. The molecule has 0 bridgehead atoms. The Morgan fingerprint density at radius 2 is 1.87 bits per heavy atom. The number of ether oxygens (including phenoxy) is 3. The number of nitrogens with zero attached hydrogens (tertiary/aromatic N) is 5. The highest BCUT2D eigenvalue weighted by Gasteiger charge is 2.20. The molecule has 8 heteroatoms. The summed E-state index contributed by atoms with van der Waals surface area (Å²) in [5, 5.41) is 4.45. The van der Waals surface area contributed by atoms with E-state index in [2.05, 4.69) is 26.8 Å². The van der Waals surface area contributed by atoms with Gasteiger partial charge in [-0.2, -0.15) is 5.10 Å². The minimum Gasteiger partial charge on any atom is -0.493 e. The molecule has 155 valence electrons. The second kappa shape index (κ2) is 8.36. The Morgan fingerprint density at radius 1 is 1.03 bits per heavy atom. The van der Waals surface area contributed by atoms with Crippen molar-refractivity contribution in [1.29, 1.82) is 0 Å². The number of hydrogen-bond acceptors (Lipinski definition) is 7. The zero-order chi connectivity index (χ0) is 21.1. The van der Waals surface area contributed by atoms with Gasteiger partial charge in [0.1, 0.15) is 13.3 Å². The van der Waals surface area contributed by atoms with Crippen LogP contribution in [0.1, 0.15) is 11.1 Å². The number of benzene rings is 1. The molecule has 3 heterocycles. The molecule has 0 saturated heterocycles. The van der Waals surface area contributed by atoms with Crippen LogP contribution in [0.15, 0.2) is 55.1 Å². The standard InChI is InChI=1S/C22H24N5O3/c1-16-11-19(28-3)20(30-14-17-5-6-22(29-4)23-13-17)12-18(16)26-9-10-27(15-26)21-7-8-25(2)24-21/h5-13H,1,14-15H2,2-4H3. The van der Waals surface area contributed by atoms with Crippen molar-refractivity contribution in [2.45, 2.75) is 6.61 Å². The molecule has 1 radical (unpaired) electrons. The number of methoxy groups -OCH3 is 2. The van der Waals surface area contributed by atoms with E-state index in [0.29, 0.717) is 30.7 Å².